The van der Waals surface area contributed by atoms with Crippen LogP contribution in [0.25, 0.3) is 0 Å². The summed E-state index contributed by atoms with van der Waals surface area (Å²) in [6, 6.07) is 11.0. The van der Waals surface area contributed by atoms with Crippen molar-refractivity contribution in [3.8, 4) is 0 Å². The Morgan fingerprint density at radius 1 is 1.05 bits per heavy atom. The molecule has 2 aromatic carbocycles. The van der Waals surface area contributed by atoms with Crippen LogP contribution in [0, 0.1) is 13.8 Å². The molecule has 0 aromatic heterocycles. The first-order valence-corrected chi connectivity index (χ1v) is 8.11. The average Bonchev–Trinajstić information content (AvgIpc) is 2.35. The number of nitrogen functional groups attached to an aromatic ring is 1. The fraction of sp³-hybridized carbons (Fsp3) is 0.200. The Kier molecular flexibility index (Phi) is 3.72. The Balaban J connectivity index is 2.47. The van der Waals surface area contributed by atoms with Crippen LogP contribution in [-0.2, 0) is 9.84 Å². The fourth-order valence-electron chi connectivity index (χ4n) is 1.99. The molecule has 106 valence electrons. The number of para-hydroxylation sites is 1. The monoisotopic (exact) mass is 290 g/mol. The first kappa shape index (κ1) is 14.4. The molecule has 0 aliphatic heterocycles. The van der Waals surface area contributed by atoms with Gasteiger partial charge in [-0.15, -0.1) is 0 Å². The molecule has 0 unspecified atom stereocenters. The van der Waals surface area contributed by atoms with E-state index in [0.29, 0.717) is 5.69 Å². The molecule has 2 rings (SSSR count). The Morgan fingerprint density at radius 3 is 2.40 bits per heavy atom. The molecular formula is C15H18N2O2S. The van der Waals surface area contributed by atoms with E-state index in [1.54, 1.807) is 12.1 Å². The number of sulfone groups is 1. The van der Waals surface area contributed by atoms with Gasteiger partial charge in [0.15, 0.2) is 9.84 Å². The van der Waals surface area contributed by atoms with E-state index >= 15 is 0 Å². The van der Waals surface area contributed by atoms with E-state index < -0.39 is 9.84 Å². The molecule has 0 amide bonds. The van der Waals surface area contributed by atoms with Crippen molar-refractivity contribution >= 4 is 26.9 Å². The van der Waals surface area contributed by atoms with Crippen molar-refractivity contribution in [2.24, 2.45) is 0 Å². The van der Waals surface area contributed by atoms with Gasteiger partial charge in [0.25, 0.3) is 0 Å². The number of nitrogens with two attached hydrogens (primary N) is 1. The van der Waals surface area contributed by atoms with Crippen LogP contribution in [-0.4, -0.2) is 14.7 Å². The lowest BCUT2D eigenvalue weighted by Crippen LogP contribution is -2.05. The summed E-state index contributed by atoms with van der Waals surface area (Å²) in [7, 11) is -3.33. The van der Waals surface area contributed by atoms with Gasteiger partial charge in [-0.3, -0.25) is 0 Å². The predicted molar refractivity (Wildman–Crippen MR) is 83.2 cm³/mol. The largest absolute Gasteiger partial charge is 0.396 e. The van der Waals surface area contributed by atoms with Crippen LogP contribution in [0.2, 0.25) is 0 Å². The smallest absolute Gasteiger partial charge is 0.177 e. The van der Waals surface area contributed by atoms with Crippen LogP contribution in [0.15, 0.2) is 41.3 Å². The van der Waals surface area contributed by atoms with E-state index in [2.05, 4.69) is 5.32 Å². The van der Waals surface area contributed by atoms with Crippen molar-refractivity contribution in [2.75, 3.05) is 17.3 Å². The van der Waals surface area contributed by atoms with E-state index in [1.165, 1.54) is 6.07 Å². The minimum atomic E-state index is -3.33. The van der Waals surface area contributed by atoms with Gasteiger partial charge in [-0.25, -0.2) is 8.42 Å². The Morgan fingerprint density at radius 2 is 1.75 bits per heavy atom. The molecule has 0 aliphatic carbocycles. The molecule has 4 nitrogen and oxygen atoms in total. The van der Waals surface area contributed by atoms with Gasteiger partial charge in [-0.2, -0.15) is 0 Å². The maximum absolute atomic E-state index is 11.7. The van der Waals surface area contributed by atoms with Gasteiger partial charge < -0.3 is 11.1 Å². The number of nitrogens with one attached hydrogen (secondary N) is 1. The van der Waals surface area contributed by atoms with E-state index in [9.17, 15) is 8.42 Å². The van der Waals surface area contributed by atoms with Crippen molar-refractivity contribution in [1.82, 2.24) is 0 Å². The maximum Gasteiger partial charge on any atom is 0.177 e. The predicted octanol–water partition coefficient (Wildman–Crippen LogP) is 3.03. The summed E-state index contributed by atoms with van der Waals surface area (Å²) in [5.74, 6) is 0. The fourth-order valence-corrected chi connectivity index (χ4v) is 2.83. The highest BCUT2D eigenvalue weighted by Crippen LogP contribution is 2.30. The molecular weight excluding hydrogens is 272 g/mol. The van der Waals surface area contributed by atoms with Crippen molar-refractivity contribution in [1.29, 1.82) is 0 Å². The van der Waals surface area contributed by atoms with Crippen molar-refractivity contribution < 1.29 is 8.42 Å². The lowest BCUT2D eigenvalue weighted by Gasteiger charge is -2.14. The molecule has 0 atom stereocenters. The van der Waals surface area contributed by atoms with Crippen LogP contribution in [0.3, 0.4) is 0 Å². The number of hydrogen-bond acceptors (Lipinski definition) is 4. The van der Waals surface area contributed by atoms with Gasteiger partial charge in [-0.05, 0) is 43.2 Å². The number of rotatable bonds is 3. The third-order valence-electron chi connectivity index (χ3n) is 3.13. The maximum atomic E-state index is 11.7. The topological polar surface area (TPSA) is 72.2 Å². The van der Waals surface area contributed by atoms with Crippen molar-refractivity contribution in [2.45, 2.75) is 18.7 Å². The number of anilines is 3. The van der Waals surface area contributed by atoms with Crippen LogP contribution < -0.4 is 11.1 Å². The zero-order valence-corrected chi connectivity index (χ0v) is 12.6. The second-order valence-electron chi connectivity index (χ2n) is 4.93. The van der Waals surface area contributed by atoms with Crippen LogP contribution in [0.5, 0.6) is 0 Å². The van der Waals surface area contributed by atoms with Gasteiger partial charge >= 0.3 is 0 Å². The summed E-state index contributed by atoms with van der Waals surface area (Å²) < 4.78 is 23.3. The number of benzene rings is 2. The Labute approximate surface area is 119 Å². The molecule has 20 heavy (non-hydrogen) atoms. The quantitative estimate of drug-likeness (QED) is 0.852. The number of hydrogen-bond donors (Lipinski definition) is 2. The highest BCUT2D eigenvalue weighted by atomic mass is 32.2. The van der Waals surface area contributed by atoms with Crippen molar-refractivity contribution in [3.63, 3.8) is 0 Å². The van der Waals surface area contributed by atoms with E-state index in [1.807, 2.05) is 32.0 Å². The third kappa shape index (κ3) is 2.93. The minimum absolute atomic E-state index is 0.146. The molecule has 5 heteroatoms. The zero-order valence-electron chi connectivity index (χ0n) is 11.8. The number of aryl methyl sites for hydroxylation is 2. The second-order valence-corrected chi connectivity index (χ2v) is 6.92. The van der Waals surface area contributed by atoms with E-state index in [-0.39, 0.29) is 10.6 Å². The lowest BCUT2D eigenvalue weighted by molar-refractivity contribution is 0.602. The summed E-state index contributed by atoms with van der Waals surface area (Å²) in [6.45, 7) is 3.99. The van der Waals surface area contributed by atoms with Crippen LogP contribution in [0.1, 0.15) is 11.1 Å². The molecule has 0 spiro atoms. The Bertz CT molecular complexity index is 752. The van der Waals surface area contributed by atoms with Gasteiger partial charge in [0.2, 0.25) is 0 Å². The highest BCUT2D eigenvalue weighted by Gasteiger charge is 2.14. The summed E-state index contributed by atoms with van der Waals surface area (Å²) in [5.41, 5.74) is 9.92. The molecule has 2 aromatic rings. The minimum Gasteiger partial charge on any atom is -0.396 e. The molecule has 0 bridgehead atoms. The summed E-state index contributed by atoms with van der Waals surface area (Å²) in [5, 5.41) is 3.20. The van der Waals surface area contributed by atoms with E-state index in [4.69, 9.17) is 5.73 Å². The second kappa shape index (κ2) is 5.17. The molecule has 0 saturated carbocycles. The normalized spacial score (nSPS) is 11.3. The van der Waals surface area contributed by atoms with Crippen molar-refractivity contribution in [3.05, 3.63) is 47.5 Å². The average molecular weight is 290 g/mol. The highest BCUT2D eigenvalue weighted by molar-refractivity contribution is 7.90. The third-order valence-corrected chi connectivity index (χ3v) is 4.28. The van der Waals surface area contributed by atoms with Gasteiger partial charge in [0.1, 0.15) is 0 Å². The molecule has 0 fully saturated rings. The summed E-state index contributed by atoms with van der Waals surface area (Å²) in [4.78, 5) is 0.146. The molecule has 0 saturated heterocycles. The molecule has 0 radical (unpaired) electrons. The molecule has 0 aliphatic rings. The Hall–Kier alpha value is -2.01. The summed E-state index contributed by atoms with van der Waals surface area (Å²) in [6.07, 6.45) is 1.15. The van der Waals surface area contributed by atoms with Gasteiger partial charge in [-0.1, -0.05) is 18.2 Å². The van der Waals surface area contributed by atoms with Crippen LogP contribution in [0.4, 0.5) is 17.1 Å². The van der Waals surface area contributed by atoms with Crippen LogP contribution >= 0.6 is 0 Å². The molecule has 0 heterocycles. The first-order chi connectivity index (χ1) is 9.29. The van der Waals surface area contributed by atoms with E-state index in [0.717, 1.165) is 23.1 Å². The standard InChI is InChI=1S/C15H18N2O2S/c1-10-7-8-11(2)13(9-10)17-12-5-4-6-14(15(12)16)20(3,18)19/h4-9,17H,16H2,1-3H3. The van der Waals surface area contributed by atoms with Gasteiger partial charge in [0, 0.05) is 11.9 Å². The SMILES string of the molecule is Cc1ccc(C)c(Nc2cccc(S(C)(=O)=O)c2N)c1. The zero-order chi connectivity index (χ0) is 14.9. The lowest BCUT2D eigenvalue weighted by atomic mass is 10.1. The first-order valence-electron chi connectivity index (χ1n) is 6.22. The van der Waals surface area contributed by atoms with Gasteiger partial charge in [0.05, 0.1) is 16.3 Å². The summed E-state index contributed by atoms with van der Waals surface area (Å²) >= 11 is 0. The molecule has 3 N–H and O–H groups in total.